The molecule has 2 aromatic carbocycles. The van der Waals surface area contributed by atoms with Gasteiger partial charge in [-0.15, -0.1) is 0 Å². The molecule has 0 radical (unpaired) electrons. The number of nitrogens with one attached hydrogen (secondary N) is 5. The van der Waals surface area contributed by atoms with E-state index in [2.05, 4.69) is 95.9 Å². The SMILES string of the molecule is CCCCc1ccc(-c2ccc(C)cc2)cc1.CCN.C[C@@]12OB(CNC(=O)C(CCCCN)NC(=O)CNC(=O)C(CCC(N)=O)NC(=O)CNC=O)C[C@@H]1CC1CC2C1. The summed E-state index contributed by atoms with van der Waals surface area (Å²) >= 11 is 0. The number of amides is 6. The number of benzene rings is 2. The van der Waals surface area contributed by atoms with Crippen molar-refractivity contribution in [2.45, 2.75) is 122 Å². The maximum Gasteiger partial charge on any atom is 0.313 e. The molecule has 2 unspecified atom stereocenters. The third-order valence-corrected chi connectivity index (χ3v) is 11.8. The van der Waals surface area contributed by atoms with Crippen LogP contribution < -0.4 is 43.8 Å². The Kier molecular flexibility index (Phi) is 22.0. The summed E-state index contributed by atoms with van der Waals surface area (Å²) in [5.74, 6) is -1.03. The molecular formula is C45H71BN8O7. The molecule has 61 heavy (non-hydrogen) atoms. The van der Waals surface area contributed by atoms with Gasteiger partial charge >= 0.3 is 6.92 Å². The summed E-state index contributed by atoms with van der Waals surface area (Å²) in [7, 11) is 0. The molecule has 15 nitrogen and oxygen atoms in total. The van der Waals surface area contributed by atoms with E-state index in [0.29, 0.717) is 50.5 Å². The van der Waals surface area contributed by atoms with E-state index in [9.17, 15) is 28.8 Å². The molecule has 1 heterocycles. The summed E-state index contributed by atoms with van der Waals surface area (Å²) in [5.41, 5.74) is 20.9. The van der Waals surface area contributed by atoms with E-state index in [1.54, 1.807) is 0 Å². The van der Waals surface area contributed by atoms with E-state index in [-0.39, 0.29) is 37.8 Å². The summed E-state index contributed by atoms with van der Waals surface area (Å²) < 4.78 is 6.44. The van der Waals surface area contributed by atoms with Crippen LogP contribution in [0.5, 0.6) is 0 Å². The van der Waals surface area contributed by atoms with Crippen molar-refractivity contribution >= 4 is 42.9 Å². The van der Waals surface area contributed by atoms with Crippen LogP contribution in [-0.4, -0.2) is 93.2 Å². The number of aryl methyl sites for hydroxylation is 2. The minimum Gasteiger partial charge on any atom is -0.428 e. The highest BCUT2D eigenvalue weighted by Crippen LogP contribution is 2.59. The van der Waals surface area contributed by atoms with Crippen molar-refractivity contribution in [3.63, 3.8) is 0 Å². The van der Waals surface area contributed by atoms with Crippen molar-refractivity contribution in [1.29, 1.82) is 0 Å². The highest BCUT2D eigenvalue weighted by Gasteiger charge is 2.59. The van der Waals surface area contributed by atoms with Crippen LogP contribution in [0.1, 0.15) is 96.1 Å². The normalized spacial score (nSPS) is 20.4. The molecule has 1 aliphatic heterocycles. The Morgan fingerprint density at radius 2 is 1.39 bits per heavy atom. The van der Waals surface area contributed by atoms with E-state index >= 15 is 0 Å². The number of hydrogen-bond acceptors (Lipinski definition) is 9. The van der Waals surface area contributed by atoms with Gasteiger partial charge < -0.3 is 48.4 Å². The number of carbonyl (C=O) groups is 6. The van der Waals surface area contributed by atoms with Crippen LogP contribution in [-0.2, 0) is 39.8 Å². The van der Waals surface area contributed by atoms with Crippen molar-refractivity contribution in [3.8, 4) is 11.1 Å². The highest BCUT2D eigenvalue weighted by atomic mass is 16.5. The number of rotatable bonds is 22. The van der Waals surface area contributed by atoms with Gasteiger partial charge in [0.1, 0.15) is 12.1 Å². The second kappa shape index (κ2) is 26.5. The van der Waals surface area contributed by atoms with Gasteiger partial charge in [0, 0.05) is 12.9 Å². The summed E-state index contributed by atoms with van der Waals surface area (Å²) in [6.07, 6.45) is 10.4. The molecule has 0 aromatic heterocycles. The molecule has 16 heteroatoms. The van der Waals surface area contributed by atoms with E-state index in [1.165, 1.54) is 60.8 Å². The van der Waals surface area contributed by atoms with Crippen LogP contribution in [0, 0.1) is 24.7 Å². The van der Waals surface area contributed by atoms with Gasteiger partial charge in [-0.3, -0.25) is 28.8 Å². The standard InChI is InChI=1S/C26H44BN7O7.C17H20.C2H7N/c1-26-17-8-16(9-17)10-18(26)11-27(41-26)14-32-25(40)19(4-2-3-7-28)33-23(38)13-31-24(39)20(5-6-21(29)36)34-22(37)12-30-15-35;1-3-4-5-15-8-12-17(13-9-15)16-10-6-14(2)7-11-16;1-2-3/h15-20H,2-14,28H2,1H3,(H2,29,36)(H,30,35)(H,31,39)(H,32,40)(H,33,38)(H,34,37);6-13H,3-5H2,1-2H3;2-3H2,1H3/t16?,17?,18-,19?,20?,26-;;/m0../s1. The van der Waals surface area contributed by atoms with Crippen LogP contribution in [0.2, 0.25) is 6.32 Å². The van der Waals surface area contributed by atoms with Crippen molar-refractivity contribution in [3.05, 3.63) is 59.7 Å². The summed E-state index contributed by atoms with van der Waals surface area (Å²) in [5, 5.41) is 12.6. The maximum absolute atomic E-state index is 13.1. The highest BCUT2D eigenvalue weighted by molar-refractivity contribution is 6.53. The quantitative estimate of drug-likeness (QED) is 0.0492. The summed E-state index contributed by atoms with van der Waals surface area (Å²) in [6.45, 7) is 8.79. The summed E-state index contributed by atoms with van der Waals surface area (Å²) in [6, 6.07) is 15.7. The first-order valence-electron chi connectivity index (χ1n) is 22.1. The van der Waals surface area contributed by atoms with Crippen molar-refractivity contribution in [2.75, 3.05) is 32.6 Å². The van der Waals surface area contributed by atoms with E-state index < -0.39 is 42.3 Å². The van der Waals surface area contributed by atoms with Gasteiger partial charge in [0.25, 0.3) is 0 Å². The zero-order valence-electron chi connectivity index (χ0n) is 36.8. The Labute approximate surface area is 362 Å². The predicted octanol–water partition coefficient (Wildman–Crippen LogP) is 2.66. The molecule has 6 amide bonds. The van der Waals surface area contributed by atoms with Gasteiger partial charge in [-0.2, -0.15) is 0 Å². The molecule has 0 spiro atoms. The molecule has 2 bridgehead atoms. The number of hydrogen-bond donors (Lipinski definition) is 8. The van der Waals surface area contributed by atoms with Crippen LogP contribution in [0.3, 0.4) is 0 Å². The molecule has 3 saturated carbocycles. The largest absolute Gasteiger partial charge is 0.428 e. The van der Waals surface area contributed by atoms with E-state index in [4.69, 9.17) is 21.9 Å². The Morgan fingerprint density at radius 3 is 1.97 bits per heavy atom. The summed E-state index contributed by atoms with van der Waals surface area (Å²) in [4.78, 5) is 72.0. The Bertz CT molecular complexity index is 1690. The monoisotopic (exact) mass is 847 g/mol. The molecule has 4 fully saturated rings. The Balaban J connectivity index is 0.000000408. The van der Waals surface area contributed by atoms with Gasteiger partial charge in [-0.1, -0.05) is 74.4 Å². The zero-order chi connectivity index (χ0) is 44.8. The number of primary amides is 1. The molecule has 4 aliphatic rings. The minimum absolute atomic E-state index is 0.0674. The van der Waals surface area contributed by atoms with Gasteiger partial charge in [-0.25, -0.2) is 0 Å². The van der Waals surface area contributed by atoms with Crippen molar-refractivity contribution in [1.82, 2.24) is 26.6 Å². The van der Waals surface area contributed by atoms with Gasteiger partial charge in [0.2, 0.25) is 35.9 Å². The molecule has 6 rings (SSSR count). The number of unbranched alkanes of at least 4 members (excludes halogenated alkanes) is 2. The second-order valence-electron chi connectivity index (χ2n) is 16.7. The molecule has 2 aromatic rings. The fourth-order valence-electron chi connectivity index (χ4n) is 8.30. The van der Waals surface area contributed by atoms with E-state index in [0.717, 1.165) is 18.8 Å². The minimum atomic E-state index is -1.15. The lowest BCUT2D eigenvalue weighted by Crippen LogP contribution is -2.54. The smallest absolute Gasteiger partial charge is 0.313 e. The number of nitrogens with two attached hydrogens (primary N) is 3. The van der Waals surface area contributed by atoms with Crippen LogP contribution >= 0.6 is 0 Å². The second-order valence-corrected chi connectivity index (χ2v) is 16.7. The first-order valence-corrected chi connectivity index (χ1v) is 22.1. The molecule has 3 aliphatic carbocycles. The topological polar surface area (TPSA) is 250 Å². The molecular weight excluding hydrogens is 775 g/mol. The average molecular weight is 847 g/mol. The molecule has 11 N–H and O–H groups in total. The lowest BCUT2D eigenvalue weighted by molar-refractivity contribution is -0.132. The van der Waals surface area contributed by atoms with Crippen molar-refractivity contribution < 1.29 is 33.4 Å². The lowest BCUT2D eigenvalue weighted by atomic mass is 9.52. The predicted molar refractivity (Wildman–Crippen MR) is 240 cm³/mol. The Hall–Kier alpha value is -4.80. The molecule has 1 saturated heterocycles. The Morgan fingerprint density at radius 1 is 0.820 bits per heavy atom. The van der Waals surface area contributed by atoms with E-state index in [1.807, 2.05) is 6.92 Å². The first-order chi connectivity index (χ1) is 29.3. The number of carbonyl (C=O) groups excluding carboxylic acids is 6. The van der Waals surface area contributed by atoms with Gasteiger partial charge in [0.05, 0.1) is 18.7 Å². The van der Waals surface area contributed by atoms with Crippen LogP contribution in [0.4, 0.5) is 0 Å². The van der Waals surface area contributed by atoms with Crippen LogP contribution in [0.15, 0.2) is 48.5 Å². The fraction of sp³-hybridized carbons (Fsp3) is 0.600. The third-order valence-electron chi connectivity index (χ3n) is 11.8. The third kappa shape index (κ3) is 16.9. The van der Waals surface area contributed by atoms with Crippen LogP contribution in [0.25, 0.3) is 11.1 Å². The first kappa shape index (κ1) is 50.6. The molecule has 4 atom stereocenters. The van der Waals surface area contributed by atoms with Gasteiger partial charge in [-0.05, 0) is 125 Å². The van der Waals surface area contributed by atoms with Gasteiger partial charge in [0.15, 0.2) is 0 Å². The maximum atomic E-state index is 13.1. The molecule has 336 valence electrons. The average Bonchev–Trinajstić information content (AvgIpc) is 3.59. The fourth-order valence-corrected chi connectivity index (χ4v) is 8.30. The zero-order valence-corrected chi connectivity index (χ0v) is 36.8. The lowest BCUT2D eigenvalue weighted by Gasteiger charge is -2.55. The van der Waals surface area contributed by atoms with Crippen molar-refractivity contribution in [2.24, 2.45) is 35.0 Å².